The average Bonchev–Trinajstić information content (AvgIpc) is 2.81. The van der Waals surface area contributed by atoms with Crippen molar-refractivity contribution in [1.29, 1.82) is 0 Å². The van der Waals surface area contributed by atoms with Gasteiger partial charge in [-0.1, -0.05) is 19.9 Å². The molecule has 1 aliphatic rings. The maximum atomic E-state index is 14.6. The first-order valence-electron chi connectivity index (χ1n) is 11.5. The van der Waals surface area contributed by atoms with Gasteiger partial charge in [0.15, 0.2) is 18.2 Å². The quantitative estimate of drug-likeness (QED) is 0.600. The summed E-state index contributed by atoms with van der Waals surface area (Å²) in [6, 6.07) is 7.18. The third kappa shape index (κ3) is 5.03. The summed E-state index contributed by atoms with van der Waals surface area (Å²) in [5.74, 6) is 0.934. The second kappa shape index (κ2) is 9.79. The Kier molecular flexibility index (Phi) is 6.81. The molecule has 0 radical (unpaired) electrons. The van der Waals surface area contributed by atoms with E-state index in [-0.39, 0.29) is 30.2 Å². The van der Waals surface area contributed by atoms with Crippen molar-refractivity contribution in [3.63, 3.8) is 0 Å². The van der Waals surface area contributed by atoms with Crippen LogP contribution in [-0.4, -0.2) is 47.2 Å². The predicted octanol–water partition coefficient (Wildman–Crippen LogP) is 2.67. The Bertz CT molecular complexity index is 1270. The van der Waals surface area contributed by atoms with Crippen LogP contribution in [0.2, 0.25) is 0 Å². The molecular formula is C25H30FN5O3. The molecule has 8 nitrogen and oxygen atoms in total. The van der Waals surface area contributed by atoms with Gasteiger partial charge in [-0.2, -0.15) is 0 Å². The lowest BCUT2D eigenvalue weighted by atomic mass is 9.92. The molecule has 0 aliphatic carbocycles. The van der Waals surface area contributed by atoms with Crippen molar-refractivity contribution in [2.24, 2.45) is 18.9 Å². The number of amides is 1. The molecule has 3 aromatic rings. The normalized spacial score (nSPS) is 18.2. The number of aromatic nitrogens is 3. The lowest BCUT2D eigenvalue weighted by molar-refractivity contribution is -0.122. The van der Waals surface area contributed by atoms with E-state index in [1.165, 1.54) is 24.2 Å². The molecule has 34 heavy (non-hydrogen) atoms. The van der Waals surface area contributed by atoms with Crippen LogP contribution in [0.5, 0.6) is 5.75 Å². The minimum Gasteiger partial charge on any atom is -0.478 e. The molecule has 0 bridgehead atoms. The van der Waals surface area contributed by atoms with Gasteiger partial charge in [0.2, 0.25) is 5.95 Å². The molecule has 0 unspecified atom stereocenters. The van der Waals surface area contributed by atoms with Gasteiger partial charge >= 0.3 is 0 Å². The van der Waals surface area contributed by atoms with Crippen molar-refractivity contribution in [2.75, 3.05) is 31.6 Å². The minimum atomic E-state index is -0.447. The third-order valence-corrected chi connectivity index (χ3v) is 6.22. The fourth-order valence-electron chi connectivity index (χ4n) is 4.62. The Balaban J connectivity index is 1.62. The number of carbonyl (C=O) groups is 1. The van der Waals surface area contributed by atoms with Crippen molar-refractivity contribution in [3.05, 3.63) is 57.9 Å². The van der Waals surface area contributed by atoms with Crippen LogP contribution in [0.15, 0.2) is 35.3 Å². The van der Waals surface area contributed by atoms with Gasteiger partial charge in [0.25, 0.3) is 11.5 Å². The Morgan fingerprint density at radius 3 is 2.68 bits per heavy atom. The lowest BCUT2D eigenvalue weighted by Crippen LogP contribution is -2.39. The number of pyridine rings is 1. The molecule has 1 fully saturated rings. The number of fused-ring (bicyclic) bond motifs is 1. The highest BCUT2D eigenvalue weighted by molar-refractivity contribution is 5.81. The van der Waals surface area contributed by atoms with Gasteiger partial charge in [-0.3, -0.25) is 9.59 Å². The van der Waals surface area contributed by atoms with Crippen molar-refractivity contribution < 1.29 is 13.9 Å². The van der Waals surface area contributed by atoms with Crippen LogP contribution in [0.1, 0.15) is 31.5 Å². The zero-order chi connectivity index (χ0) is 24.4. The summed E-state index contributed by atoms with van der Waals surface area (Å²) >= 11 is 0. The van der Waals surface area contributed by atoms with E-state index in [1.807, 2.05) is 18.2 Å². The highest BCUT2D eigenvalue weighted by Crippen LogP contribution is 2.25. The van der Waals surface area contributed by atoms with Crippen LogP contribution >= 0.6 is 0 Å². The summed E-state index contributed by atoms with van der Waals surface area (Å²) in [7, 11) is 3.15. The molecule has 3 heterocycles. The van der Waals surface area contributed by atoms with Crippen LogP contribution in [0, 0.1) is 17.7 Å². The third-order valence-electron chi connectivity index (χ3n) is 6.22. The van der Waals surface area contributed by atoms with Gasteiger partial charge in [0.05, 0.1) is 17.4 Å². The predicted molar refractivity (Wildman–Crippen MR) is 129 cm³/mol. The van der Waals surface area contributed by atoms with Crippen LogP contribution in [0.4, 0.5) is 10.3 Å². The number of halogens is 1. The average molecular weight is 468 g/mol. The van der Waals surface area contributed by atoms with Crippen molar-refractivity contribution in [1.82, 2.24) is 19.9 Å². The Labute approximate surface area is 197 Å². The van der Waals surface area contributed by atoms with E-state index in [1.54, 1.807) is 13.1 Å². The number of anilines is 1. The number of nitrogens with zero attached hydrogens (tertiary/aromatic N) is 4. The number of piperidine rings is 1. The maximum Gasteiger partial charge on any atom is 0.293 e. The first-order valence-corrected chi connectivity index (χ1v) is 11.5. The number of ether oxygens (including phenoxy) is 1. The summed E-state index contributed by atoms with van der Waals surface area (Å²) in [6.45, 7) is 5.89. The van der Waals surface area contributed by atoms with Crippen LogP contribution in [-0.2, 0) is 18.3 Å². The van der Waals surface area contributed by atoms with Crippen LogP contribution in [0.25, 0.3) is 10.9 Å². The van der Waals surface area contributed by atoms with E-state index < -0.39 is 5.82 Å². The minimum absolute atomic E-state index is 0.0830. The standard InChI is InChI=1S/C25H30FN5O3/c1-15-7-16(2)13-31(12-15)25-28-11-19(26)20(29-25)9-17-5-6-21-18(8-17)10-22(24(33)30(21)4)34-14-23(32)27-3/h5-6,8,10-11,15-16H,7,9,12-14H2,1-4H3,(H,27,32)/t15-,16+. The molecule has 180 valence electrons. The number of likely N-dealkylation sites (N-methyl/N-ethyl adjacent to an activating group) is 1. The van der Waals surface area contributed by atoms with E-state index >= 15 is 0 Å². The largest absolute Gasteiger partial charge is 0.478 e. The van der Waals surface area contributed by atoms with Crippen LogP contribution < -0.4 is 20.5 Å². The zero-order valence-corrected chi connectivity index (χ0v) is 20.0. The fourth-order valence-corrected chi connectivity index (χ4v) is 4.62. The maximum absolute atomic E-state index is 14.6. The Morgan fingerprint density at radius 1 is 1.24 bits per heavy atom. The topological polar surface area (TPSA) is 89.3 Å². The Morgan fingerprint density at radius 2 is 1.97 bits per heavy atom. The summed E-state index contributed by atoms with van der Waals surface area (Å²) in [6.07, 6.45) is 2.70. The first-order chi connectivity index (χ1) is 16.2. The number of aryl methyl sites for hydroxylation is 1. The van der Waals surface area contributed by atoms with Crippen molar-refractivity contribution >= 4 is 22.8 Å². The molecule has 1 amide bonds. The molecule has 9 heteroatoms. The van der Waals surface area contributed by atoms with E-state index in [0.717, 1.165) is 24.0 Å². The fraction of sp³-hybridized carbons (Fsp3) is 0.440. The summed E-state index contributed by atoms with van der Waals surface area (Å²) in [5.41, 5.74) is 1.55. The lowest BCUT2D eigenvalue weighted by Gasteiger charge is -2.35. The van der Waals surface area contributed by atoms with Gasteiger partial charge < -0.3 is 19.5 Å². The smallest absolute Gasteiger partial charge is 0.293 e. The van der Waals surface area contributed by atoms with E-state index in [4.69, 9.17) is 4.74 Å². The van der Waals surface area contributed by atoms with Gasteiger partial charge in [0, 0.05) is 39.0 Å². The molecule has 1 aliphatic heterocycles. The number of benzene rings is 1. The molecule has 0 spiro atoms. The number of rotatable bonds is 6. The van der Waals surface area contributed by atoms with Crippen LogP contribution in [0.3, 0.4) is 0 Å². The van der Waals surface area contributed by atoms with Gasteiger partial charge in [-0.25, -0.2) is 14.4 Å². The molecule has 2 aromatic heterocycles. The number of hydrogen-bond acceptors (Lipinski definition) is 6. The molecule has 2 atom stereocenters. The summed E-state index contributed by atoms with van der Waals surface area (Å²) in [5, 5.41) is 3.21. The summed E-state index contributed by atoms with van der Waals surface area (Å²) in [4.78, 5) is 35.0. The van der Waals surface area contributed by atoms with Gasteiger partial charge in [0.1, 0.15) is 0 Å². The molecule has 1 aromatic carbocycles. The van der Waals surface area contributed by atoms with E-state index in [2.05, 4.69) is 34.0 Å². The number of carbonyl (C=O) groups excluding carboxylic acids is 1. The molecule has 4 rings (SSSR count). The molecule has 1 N–H and O–H groups in total. The SMILES string of the molecule is CNC(=O)COc1cc2cc(Cc3nc(N4C[C@H](C)C[C@H](C)C4)ncc3F)ccc2n(C)c1=O. The van der Waals surface area contributed by atoms with Crippen molar-refractivity contribution in [2.45, 2.75) is 26.7 Å². The highest BCUT2D eigenvalue weighted by Gasteiger charge is 2.24. The monoisotopic (exact) mass is 467 g/mol. The summed E-state index contributed by atoms with van der Waals surface area (Å²) < 4.78 is 21.5. The van der Waals surface area contributed by atoms with Gasteiger partial charge in [-0.15, -0.1) is 0 Å². The van der Waals surface area contributed by atoms with Gasteiger partial charge in [-0.05, 0) is 42.0 Å². The van der Waals surface area contributed by atoms with E-state index in [9.17, 15) is 14.0 Å². The number of nitrogens with one attached hydrogen (secondary N) is 1. The van der Waals surface area contributed by atoms with E-state index in [0.29, 0.717) is 29.0 Å². The molecule has 0 saturated carbocycles. The second-order valence-electron chi connectivity index (χ2n) is 9.22. The zero-order valence-electron chi connectivity index (χ0n) is 20.0. The number of hydrogen-bond donors (Lipinski definition) is 1. The van der Waals surface area contributed by atoms with Crippen molar-refractivity contribution in [3.8, 4) is 5.75 Å². The Hall–Kier alpha value is -3.49. The molecular weight excluding hydrogens is 437 g/mol. The second-order valence-corrected chi connectivity index (χ2v) is 9.22. The molecule has 1 saturated heterocycles. The highest BCUT2D eigenvalue weighted by atomic mass is 19.1. The first kappa shape index (κ1) is 23.7.